The van der Waals surface area contributed by atoms with E-state index < -0.39 is 24.1 Å². The summed E-state index contributed by atoms with van der Waals surface area (Å²) in [6.07, 6.45) is -3.21. The molecule has 4 N–H and O–H groups in total. The van der Waals surface area contributed by atoms with Gasteiger partial charge in [-0.05, 0) is 19.4 Å². The van der Waals surface area contributed by atoms with Gasteiger partial charge in [-0.3, -0.25) is 4.98 Å². The number of alkyl halides is 3. The van der Waals surface area contributed by atoms with Gasteiger partial charge in [-0.2, -0.15) is 13.2 Å². The van der Waals surface area contributed by atoms with Crippen LogP contribution in [0.15, 0.2) is 12.4 Å². The molecule has 23 heavy (non-hydrogen) atoms. The van der Waals surface area contributed by atoms with Crippen LogP contribution in [0.3, 0.4) is 0 Å². The minimum absolute atomic E-state index is 0.236. The van der Waals surface area contributed by atoms with Crippen molar-refractivity contribution < 1.29 is 23.4 Å². The number of aromatic nitrogens is 2. The van der Waals surface area contributed by atoms with Crippen LogP contribution >= 0.6 is 0 Å². The Labute approximate surface area is 133 Å². The van der Waals surface area contributed by atoms with Crippen LogP contribution in [0.4, 0.5) is 19.0 Å². The van der Waals surface area contributed by atoms with Crippen molar-refractivity contribution in [2.45, 2.75) is 44.7 Å². The molecule has 0 radical (unpaired) electrons. The summed E-state index contributed by atoms with van der Waals surface area (Å²) in [6, 6.07) is 0.406. The Kier molecular flexibility index (Phi) is 6.72. The van der Waals surface area contributed by atoms with Crippen LogP contribution < -0.4 is 5.73 Å². The van der Waals surface area contributed by atoms with E-state index in [1.54, 1.807) is 0 Å². The molecule has 2 heterocycles. The molecule has 1 saturated heterocycles. The number of halogens is 3. The lowest BCUT2D eigenvalue weighted by Crippen LogP contribution is -2.52. The molecule has 3 unspecified atom stereocenters. The molecular weight excluding hydrogens is 313 g/mol. The van der Waals surface area contributed by atoms with Crippen molar-refractivity contribution in [2.24, 2.45) is 5.92 Å². The van der Waals surface area contributed by atoms with E-state index in [4.69, 9.17) is 5.73 Å². The minimum atomic E-state index is -4.47. The Bertz CT molecular complexity index is 499. The van der Waals surface area contributed by atoms with Crippen LogP contribution in [-0.2, 0) is 6.18 Å². The maximum absolute atomic E-state index is 11.8. The summed E-state index contributed by atoms with van der Waals surface area (Å²) in [5.41, 5.74) is 3.91. The highest BCUT2D eigenvalue weighted by atomic mass is 19.4. The fraction of sp³-hybridized carbons (Fsp3) is 0.714. The zero-order valence-electron chi connectivity index (χ0n) is 13.3. The number of rotatable bonds is 1. The van der Waals surface area contributed by atoms with Crippen molar-refractivity contribution in [3.63, 3.8) is 0 Å². The molecule has 1 aromatic rings. The molecule has 132 valence electrons. The summed E-state index contributed by atoms with van der Waals surface area (Å²) in [7, 11) is 2.00. The van der Waals surface area contributed by atoms with E-state index in [9.17, 15) is 23.4 Å². The van der Waals surface area contributed by atoms with Crippen LogP contribution in [0.2, 0.25) is 0 Å². The van der Waals surface area contributed by atoms with Gasteiger partial charge in [0.15, 0.2) is 5.69 Å². The zero-order valence-corrected chi connectivity index (χ0v) is 13.3. The van der Waals surface area contributed by atoms with Crippen molar-refractivity contribution in [2.75, 3.05) is 19.3 Å². The van der Waals surface area contributed by atoms with Gasteiger partial charge in [-0.1, -0.05) is 13.8 Å². The molecule has 0 aliphatic carbocycles. The SMILES string of the molecule is CC(C)C1CC(O)C(O)CN1C.Nc1cncc(C(F)(F)F)n1. The molecule has 2 rings (SSSR count). The van der Waals surface area contributed by atoms with Crippen molar-refractivity contribution in [1.82, 2.24) is 14.9 Å². The van der Waals surface area contributed by atoms with Crippen molar-refractivity contribution in [3.05, 3.63) is 18.1 Å². The second-order valence-electron chi connectivity index (χ2n) is 5.95. The fourth-order valence-electron chi connectivity index (χ4n) is 2.44. The first-order valence-electron chi connectivity index (χ1n) is 7.23. The number of hydrogen-bond donors (Lipinski definition) is 3. The Hall–Kier alpha value is -1.45. The van der Waals surface area contributed by atoms with Gasteiger partial charge in [-0.15, -0.1) is 0 Å². The first kappa shape index (κ1) is 19.6. The van der Waals surface area contributed by atoms with Gasteiger partial charge < -0.3 is 20.8 Å². The normalized spacial score (nSPS) is 25.9. The number of aliphatic hydroxyl groups is 2. The first-order chi connectivity index (χ1) is 10.5. The lowest BCUT2D eigenvalue weighted by Gasteiger charge is -2.40. The number of aliphatic hydroxyl groups excluding tert-OH is 2. The topological polar surface area (TPSA) is 95.5 Å². The number of anilines is 1. The van der Waals surface area contributed by atoms with Gasteiger partial charge in [0.25, 0.3) is 0 Å². The lowest BCUT2D eigenvalue weighted by molar-refractivity contribution is -0.141. The Morgan fingerprint density at radius 1 is 1.26 bits per heavy atom. The summed E-state index contributed by atoms with van der Waals surface area (Å²) >= 11 is 0. The van der Waals surface area contributed by atoms with Gasteiger partial charge >= 0.3 is 6.18 Å². The zero-order chi connectivity index (χ0) is 17.8. The molecule has 0 amide bonds. The number of nitrogens with zero attached hydrogens (tertiary/aromatic N) is 3. The van der Waals surface area contributed by atoms with Crippen LogP contribution in [-0.4, -0.2) is 56.9 Å². The molecular formula is C14H23F3N4O2. The number of likely N-dealkylation sites (tertiary alicyclic amines) is 1. The van der Waals surface area contributed by atoms with Crippen LogP contribution in [0.25, 0.3) is 0 Å². The van der Waals surface area contributed by atoms with Crippen LogP contribution in [0, 0.1) is 5.92 Å². The summed E-state index contributed by atoms with van der Waals surface area (Å²) in [5.74, 6) is 0.303. The summed E-state index contributed by atoms with van der Waals surface area (Å²) in [4.78, 5) is 8.40. The standard InChI is InChI=1S/C9H19NO2.C5H4F3N3/c1-6(2)7-4-8(11)9(12)5-10(7)3;6-5(7,8)3-1-10-2-4(9)11-3/h6-9,11-12H,4-5H2,1-3H3;1-2H,(H2,9,11). The van der Waals surface area contributed by atoms with Crippen molar-refractivity contribution >= 4 is 5.82 Å². The third-order valence-corrected chi connectivity index (χ3v) is 3.68. The number of nitrogen functional groups attached to an aromatic ring is 1. The molecule has 1 fully saturated rings. The Morgan fingerprint density at radius 3 is 2.30 bits per heavy atom. The van der Waals surface area contributed by atoms with E-state index in [1.807, 2.05) is 7.05 Å². The maximum Gasteiger partial charge on any atom is 0.434 e. The molecule has 6 nitrogen and oxygen atoms in total. The van der Waals surface area contributed by atoms with Crippen molar-refractivity contribution in [1.29, 1.82) is 0 Å². The molecule has 0 spiro atoms. The molecule has 1 aliphatic rings. The van der Waals surface area contributed by atoms with Crippen LogP contribution in [0.1, 0.15) is 26.0 Å². The summed E-state index contributed by atoms with van der Waals surface area (Å²) in [5, 5.41) is 18.8. The lowest BCUT2D eigenvalue weighted by atomic mass is 9.90. The van der Waals surface area contributed by atoms with E-state index >= 15 is 0 Å². The third-order valence-electron chi connectivity index (χ3n) is 3.68. The molecule has 1 aliphatic heterocycles. The summed E-state index contributed by atoms with van der Waals surface area (Å²) in [6.45, 7) is 4.88. The van der Waals surface area contributed by atoms with E-state index in [1.165, 1.54) is 0 Å². The average Bonchev–Trinajstić information content (AvgIpc) is 2.42. The van der Waals surface area contributed by atoms with Gasteiger partial charge in [0.2, 0.25) is 0 Å². The Balaban J connectivity index is 0.000000231. The molecule has 3 atom stereocenters. The van der Waals surface area contributed by atoms with Gasteiger partial charge in [0.1, 0.15) is 5.82 Å². The largest absolute Gasteiger partial charge is 0.434 e. The monoisotopic (exact) mass is 336 g/mol. The molecule has 1 aromatic heterocycles. The smallest absolute Gasteiger partial charge is 0.390 e. The summed E-state index contributed by atoms with van der Waals surface area (Å²) < 4.78 is 35.4. The highest BCUT2D eigenvalue weighted by molar-refractivity contribution is 5.24. The molecule has 0 saturated carbocycles. The highest BCUT2D eigenvalue weighted by Gasteiger charge is 2.33. The number of hydrogen-bond acceptors (Lipinski definition) is 6. The number of piperidine rings is 1. The van der Waals surface area contributed by atoms with Crippen molar-refractivity contribution in [3.8, 4) is 0 Å². The van der Waals surface area contributed by atoms with Crippen LogP contribution in [0.5, 0.6) is 0 Å². The van der Waals surface area contributed by atoms with Gasteiger partial charge in [-0.25, -0.2) is 4.98 Å². The third kappa shape index (κ3) is 5.92. The first-order valence-corrected chi connectivity index (χ1v) is 7.23. The predicted molar refractivity (Wildman–Crippen MR) is 79.3 cm³/mol. The van der Waals surface area contributed by atoms with E-state index in [-0.39, 0.29) is 5.82 Å². The Morgan fingerprint density at radius 2 is 1.87 bits per heavy atom. The van der Waals surface area contributed by atoms with E-state index in [0.29, 0.717) is 31.1 Å². The number of β-amino-alcohol motifs (C(OH)–C–C–N with tert-alkyl or cyclic N) is 1. The van der Waals surface area contributed by atoms with E-state index in [2.05, 4.69) is 28.7 Å². The molecule has 0 bridgehead atoms. The number of likely N-dealkylation sites (N-methyl/N-ethyl adjacent to an activating group) is 1. The second-order valence-corrected chi connectivity index (χ2v) is 5.95. The van der Waals surface area contributed by atoms with Gasteiger partial charge in [0.05, 0.1) is 24.6 Å². The quantitative estimate of drug-likeness (QED) is 0.712. The fourth-order valence-corrected chi connectivity index (χ4v) is 2.44. The average molecular weight is 336 g/mol. The molecule has 0 aromatic carbocycles. The second kappa shape index (κ2) is 7.89. The maximum atomic E-state index is 11.8. The minimum Gasteiger partial charge on any atom is -0.390 e. The van der Waals surface area contributed by atoms with Gasteiger partial charge in [0, 0.05) is 12.6 Å². The highest BCUT2D eigenvalue weighted by Crippen LogP contribution is 2.26. The molecule has 9 heteroatoms. The number of nitrogens with two attached hydrogens (primary N) is 1. The van der Waals surface area contributed by atoms with E-state index in [0.717, 1.165) is 6.20 Å². The predicted octanol–water partition coefficient (Wildman–Crippen LogP) is 1.15.